The van der Waals surface area contributed by atoms with Gasteiger partial charge in [0.1, 0.15) is 5.82 Å². The smallest absolute Gasteiger partial charge is 0.381 e. The van der Waals surface area contributed by atoms with Crippen molar-refractivity contribution in [2.75, 3.05) is 43.1 Å². The summed E-state index contributed by atoms with van der Waals surface area (Å²) in [4.78, 5) is 2.14. The van der Waals surface area contributed by atoms with Crippen LogP contribution in [0.25, 0.3) is 16.6 Å². The topological polar surface area (TPSA) is 62.6 Å². The van der Waals surface area contributed by atoms with Crippen LogP contribution in [-0.4, -0.2) is 53.9 Å². The quantitative estimate of drug-likeness (QED) is 0.370. The van der Waals surface area contributed by atoms with E-state index in [9.17, 15) is 22.7 Å². The predicted octanol–water partition coefficient (Wildman–Crippen LogP) is 4.86. The molecule has 3 aromatic carbocycles. The Morgan fingerprint density at radius 3 is 2.25 bits per heavy atom. The van der Waals surface area contributed by atoms with Gasteiger partial charge in [-0.15, -0.1) is 0 Å². The number of nitrogens with zero attached hydrogens (tertiary/aromatic N) is 3. The van der Waals surface area contributed by atoms with Crippen molar-refractivity contribution in [2.45, 2.75) is 11.8 Å². The van der Waals surface area contributed by atoms with Gasteiger partial charge in [0.15, 0.2) is 0 Å². The van der Waals surface area contributed by atoms with Gasteiger partial charge in [-0.2, -0.15) is 18.3 Å². The van der Waals surface area contributed by atoms with Gasteiger partial charge in [-0.1, -0.05) is 6.07 Å². The number of nitrogens with one attached hydrogen (secondary N) is 1. The van der Waals surface area contributed by atoms with E-state index >= 15 is 0 Å². The SMILES string of the molecule is OC(CNc1ccc(N2CCOCC2)cc1)(c1ccc2c(cnn2-c2ccc(F)cc2)c1)C(F)(F)F. The van der Waals surface area contributed by atoms with Gasteiger partial charge in [0, 0.05) is 29.9 Å². The molecule has 1 saturated heterocycles. The molecule has 0 amide bonds. The van der Waals surface area contributed by atoms with Gasteiger partial charge < -0.3 is 20.1 Å². The van der Waals surface area contributed by atoms with Crippen LogP contribution in [-0.2, 0) is 10.3 Å². The zero-order valence-corrected chi connectivity index (χ0v) is 19.2. The fourth-order valence-corrected chi connectivity index (χ4v) is 4.29. The van der Waals surface area contributed by atoms with Crippen LogP contribution in [0.1, 0.15) is 5.56 Å². The number of aromatic nitrogens is 2. The number of hydrogen-bond acceptors (Lipinski definition) is 5. The average Bonchev–Trinajstić information content (AvgIpc) is 3.31. The summed E-state index contributed by atoms with van der Waals surface area (Å²) in [6, 6.07) is 16.6. The molecule has 1 fully saturated rings. The fourth-order valence-electron chi connectivity index (χ4n) is 4.29. The molecule has 10 heteroatoms. The molecule has 0 spiro atoms. The maximum atomic E-state index is 14.1. The van der Waals surface area contributed by atoms with E-state index < -0.39 is 24.1 Å². The lowest BCUT2D eigenvalue weighted by Crippen LogP contribution is -2.47. The van der Waals surface area contributed by atoms with Crippen LogP contribution in [0.15, 0.2) is 72.9 Å². The summed E-state index contributed by atoms with van der Waals surface area (Å²) in [6.07, 6.45) is -3.52. The van der Waals surface area contributed by atoms with Crippen molar-refractivity contribution in [3.63, 3.8) is 0 Å². The number of aliphatic hydroxyl groups is 1. The van der Waals surface area contributed by atoms with Crippen LogP contribution < -0.4 is 10.2 Å². The molecule has 0 bridgehead atoms. The third-order valence-electron chi connectivity index (χ3n) is 6.38. The minimum atomic E-state index is -4.94. The fraction of sp³-hybridized carbons (Fsp3) is 0.269. The van der Waals surface area contributed by atoms with E-state index in [0.717, 1.165) is 18.8 Å². The zero-order valence-electron chi connectivity index (χ0n) is 19.2. The molecular formula is C26H24F4N4O2. The van der Waals surface area contributed by atoms with Gasteiger partial charge in [0.2, 0.25) is 5.60 Å². The first kappa shape index (κ1) is 24.1. The number of halogens is 4. The van der Waals surface area contributed by atoms with E-state index in [2.05, 4.69) is 15.3 Å². The molecule has 6 nitrogen and oxygen atoms in total. The summed E-state index contributed by atoms with van der Waals surface area (Å²) in [5.41, 5.74) is -0.937. The van der Waals surface area contributed by atoms with Crippen LogP contribution in [0, 0.1) is 5.82 Å². The first-order valence-electron chi connectivity index (χ1n) is 11.4. The first-order valence-corrected chi connectivity index (χ1v) is 11.4. The van der Waals surface area contributed by atoms with Crippen molar-refractivity contribution >= 4 is 22.3 Å². The van der Waals surface area contributed by atoms with Crippen LogP contribution >= 0.6 is 0 Å². The second kappa shape index (κ2) is 9.44. The standard InChI is InChI=1S/C26H24F4N4O2/c27-20-2-6-23(7-3-20)34-24-10-1-19(15-18(24)16-32-34)25(35,26(28,29)30)17-31-21-4-8-22(9-5-21)33-11-13-36-14-12-33/h1-10,15-16,31,35H,11-14,17H2. The molecule has 1 atom stereocenters. The van der Waals surface area contributed by atoms with Crippen molar-refractivity contribution in [1.82, 2.24) is 9.78 Å². The zero-order chi connectivity index (χ0) is 25.3. The molecular weight excluding hydrogens is 476 g/mol. The van der Waals surface area contributed by atoms with Crippen molar-refractivity contribution in [1.29, 1.82) is 0 Å². The Bertz CT molecular complexity index is 1330. The number of benzene rings is 3. The lowest BCUT2D eigenvalue weighted by atomic mass is 9.92. The molecule has 2 heterocycles. The summed E-state index contributed by atoms with van der Waals surface area (Å²) in [6.45, 7) is 1.99. The summed E-state index contributed by atoms with van der Waals surface area (Å²) in [5, 5.41) is 18.2. The van der Waals surface area contributed by atoms with Crippen molar-refractivity contribution < 1.29 is 27.4 Å². The van der Waals surface area contributed by atoms with Gasteiger partial charge in [-0.3, -0.25) is 0 Å². The van der Waals surface area contributed by atoms with E-state index in [-0.39, 0.29) is 5.56 Å². The molecule has 0 aliphatic carbocycles. The van der Waals surface area contributed by atoms with Gasteiger partial charge in [0.25, 0.3) is 0 Å². The van der Waals surface area contributed by atoms with E-state index in [1.54, 1.807) is 12.1 Å². The Kier molecular flexibility index (Phi) is 6.31. The largest absolute Gasteiger partial charge is 0.423 e. The molecule has 36 heavy (non-hydrogen) atoms. The number of anilines is 2. The Morgan fingerprint density at radius 1 is 0.917 bits per heavy atom. The maximum absolute atomic E-state index is 14.1. The summed E-state index contributed by atoms with van der Waals surface area (Å²) < 4.78 is 62.5. The van der Waals surface area contributed by atoms with Gasteiger partial charge in [-0.25, -0.2) is 9.07 Å². The molecule has 1 unspecified atom stereocenters. The third kappa shape index (κ3) is 4.61. The van der Waals surface area contributed by atoms with E-state index in [0.29, 0.717) is 35.5 Å². The highest BCUT2D eigenvalue weighted by atomic mass is 19.4. The first-order chi connectivity index (χ1) is 17.2. The normalized spacial score (nSPS) is 16.2. The number of rotatable bonds is 6. The number of ether oxygens (including phenoxy) is 1. The number of morpholine rings is 1. The predicted molar refractivity (Wildman–Crippen MR) is 129 cm³/mol. The molecule has 0 saturated carbocycles. The average molecular weight is 500 g/mol. The second-order valence-electron chi connectivity index (χ2n) is 8.66. The van der Waals surface area contributed by atoms with Crippen molar-refractivity contribution in [3.05, 3.63) is 84.3 Å². The summed E-state index contributed by atoms with van der Waals surface area (Å²) >= 11 is 0. The highest BCUT2D eigenvalue weighted by Gasteiger charge is 2.55. The summed E-state index contributed by atoms with van der Waals surface area (Å²) in [7, 11) is 0. The Balaban J connectivity index is 1.38. The van der Waals surface area contributed by atoms with Crippen molar-refractivity contribution in [2.24, 2.45) is 0 Å². The highest BCUT2D eigenvalue weighted by molar-refractivity contribution is 5.81. The minimum absolute atomic E-state index is 0.307. The maximum Gasteiger partial charge on any atom is 0.423 e. The Morgan fingerprint density at radius 2 is 1.58 bits per heavy atom. The highest BCUT2D eigenvalue weighted by Crippen LogP contribution is 2.40. The number of alkyl halides is 3. The van der Waals surface area contributed by atoms with Gasteiger partial charge in [-0.05, 0) is 66.2 Å². The van der Waals surface area contributed by atoms with E-state index in [1.165, 1.54) is 53.3 Å². The summed E-state index contributed by atoms with van der Waals surface area (Å²) in [5.74, 6) is -0.407. The van der Waals surface area contributed by atoms with Crippen LogP contribution in [0.3, 0.4) is 0 Å². The minimum Gasteiger partial charge on any atom is -0.381 e. The second-order valence-corrected chi connectivity index (χ2v) is 8.66. The molecule has 1 aliphatic heterocycles. The number of hydrogen-bond donors (Lipinski definition) is 2. The molecule has 1 aromatic heterocycles. The molecule has 0 radical (unpaired) electrons. The lowest BCUT2D eigenvalue weighted by Gasteiger charge is -2.32. The van der Waals surface area contributed by atoms with E-state index in [4.69, 9.17) is 4.74 Å². The van der Waals surface area contributed by atoms with Crippen LogP contribution in [0.4, 0.5) is 28.9 Å². The van der Waals surface area contributed by atoms with E-state index in [1.807, 2.05) is 12.1 Å². The molecule has 5 rings (SSSR count). The Labute approximate surface area is 204 Å². The Hall–Kier alpha value is -3.63. The number of fused-ring (bicyclic) bond motifs is 1. The molecule has 4 aromatic rings. The van der Waals surface area contributed by atoms with Gasteiger partial charge in [0.05, 0.1) is 37.2 Å². The lowest BCUT2D eigenvalue weighted by molar-refractivity contribution is -0.260. The third-order valence-corrected chi connectivity index (χ3v) is 6.38. The molecule has 188 valence electrons. The van der Waals surface area contributed by atoms with Crippen LogP contribution in [0.2, 0.25) is 0 Å². The monoisotopic (exact) mass is 500 g/mol. The molecule has 1 aliphatic rings. The molecule has 2 N–H and O–H groups in total. The van der Waals surface area contributed by atoms with Gasteiger partial charge >= 0.3 is 6.18 Å². The van der Waals surface area contributed by atoms with Crippen molar-refractivity contribution in [3.8, 4) is 5.69 Å². The van der Waals surface area contributed by atoms with Crippen LogP contribution in [0.5, 0.6) is 0 Å².